The second kappa shape index (κ2) is 9.78. The highest BCUT2D eigenvalue weighted by atomic mass is 16.1. The average Bonchev–Trinajstić information content (AvgIpc) is 3.16. The number of aromatic nitrogens is 3. The van der Waals surface area contributed by atoms with Gasteiger partial charge in [-0.15, -0.1) is 0 Å². The minimum absolute atomic E-state index is 0.0446. The molecule has 0 fully saturated rings. The number of anilines is 2. The number of nitrogen functional groups attached to an aromatic ring is 1. The van der Waals surface area contributed by atoms with E-state index in [0.717, 1.165) is 33.9 Å². The molecule has 1 amide bonds. The van der Waals surface area contributed by atoms with Crippen LogP contribution in [0, 0.1) is 6.92 Å². The van der Waals surface area contributed by atoms with Gasteiger partial charge in [0.2, 0.25) is 5.91 Å². The number of aryl methyl sites for hydroxylation is 1. The molecule has 0 aliphatic rings. The molecule has 0 atom stereocenters. The zero-order valence-corrected chi connectivity index (χ0v) is 17.9. The maximum atomic E-state index is 12.3. The molecule has 4 aromatic rings. The van der Waals surface area contributed by atoms with Crippen molar-refractivity contribution in [3.05, 3.63) is 95.3 Å². The number of nitrogens with two attached hydrogens (primary N) is 1. The number of amides is 1. The predicted molar refractivity (Wildman–Crippen MR) is 127 cm³/mol. The fourth-order valence-corrected chi connectivity index (χ4v) is 3.42. The summed E-state index contributed by atoms with van der Waals surface area (Å²) in [6.07, 6.45) is 2.02. The van der Waals surface area contributed by atoms with Crippen LogP contribution in [0.1, 0.15) is 22.4 Å². The van der Waals surface area contributed by atoms with Gasteiger partial charge in [-0.1, -0.05) is 60.7 Å². The predicted octanol–water partition coefficient (Wildman–Crippen LogP) is 3.83. The first-order chi connectivity index (χ1) is 15.6. The van der Waals surface area contributed by atoms with Crippen LogP contribution in [0.5, 0.6) is 0 Å². The van der Waals surface area contributed by atoms with Crippen molar-refractivity contribution in [2.45, 2.75) is 26.4 Å². The van der Waals surface area contributed by atoms with Gasteiger partial charge in [-0.25, -0.2) is 9.97 Å². The minimum Gasteiger partial charge on any atom is -0.369 e. The Kier molecular flexibility index (Phi) is 6.46. The highest BCUT2D eigenvalue weighted by Gasteiger charge is 2.08. The van der Waals surface area contributed by atoms with Gasteiger partial charge in [0.05, 0.1) is 12.1 Å². The Bertz CT molecular complexity index is 1170. The molecular formula is C25H26N6O. The fourth-order valence-electron chi connectivity index (χ4n) is 3.42. The van der Waals surface area contributed by atoms with Gasteiger partial charge < -0.3 is 21.4 Å². The molecule has 7 heteroatoms. The number of benzene rings is 2. The monoisotopic (exact) mass is 426 g/mol. The second-order valence-electron chi connectivity index (χ2n) is 7.64. The van der Waals surface area contributed by atoms with E-state index in [0.29, 0.717) is 19.0 Å². The number of H-pyrrole nitrogens is 1. The number of aromatic amines is 1. The standard InChI is InChI=1S/C25H26N6O/c1-17-24(31-25(26)30-17)21-10-7-19(8-11-21)15-29-23(32)13-20-9-12-22(28-16-20)27-14-18-5-3-2-4-6-18/h2-12,16H,13-15H2,1H3,(H,27,28)(H,29,32)(H3,26,30,31). The summed E-state index contributed by atoms with van der Waals surface area (Å²) < 4.78 is 0. The zero-order valence-electron chi connectivity index (χ0n) is 17.9. The summed E-state index contributed by atoms with van der Waals surface area (Å²) in [7, 11) is 0. The van der Waals surface area contributed by atoms with Crippen molar-refractivity contribution in [3.8, 4) is 11.3 Å². The largest absolute Gasteiger partial charge is 0.369 e. The Labute approximate surface area is 187 Å². The van der Waals surface area contributed by atoms with E-state index in [1.807, 2.05) is 61.5 Å². The summed E-state index contributed by atoms with van der Waals surface area (Å²) in [5.74, 6) is 1.15. The summed E-state index contributed by atoms with van der Waals surface area (Å²) in [6, 6.07) is 21.9. The molecule has 5 N–H and O–H groups in total. The maximum absolute atomic E-state index is 12.3. The lowest BCUT2D eigenvalue weighted by Crippen LogP contribution is -2.24. The number of nitrogens with zero attached hydrogens (tertiary/aromatic N) is 2. The molecule has 4 rings (SSSR count). The lowest BCUT2D eigenvalue weighted by atomic mass is 10.1. The Hall–Kier alpha value is -4.13. The molecule has 0 saturated heterocycles. The van der Waals surface area contributed by atoms with Crippen LogP contribution < -0.4 is 16.4 Å². The summed E-state index contributed by atoms with van der Waals surface area (Å²) >= 11 is 0. The van der Waals surface area contributed by atoms with Crippen LogP contribution in [0.15, 0.2) is 72.9 Å². The average molecular weight is 427 g/mol. The van der Waals surface area contributed by atoms with Crippen molar-refractivity contribution in [3.63, 3.8) is 0 Å². The quantitative estimate of drug-likeness (QED) is 0.342. The Morgan fingerprint density at radius 2 is 1.66 bits per heavy atom. The molecule has 0 bridgehead atoms. The Morgan fingerprint density at radius 3 is 2.31 bits per heavy atom. The van der Waals surface area contributed by atoms with Crippen molar-refractivity contribution >= 4 is 17.7 Å². The number of nitrogens with one attached hydrogen (secondary N) is 3. The van der Waals surface area contributed by atoms with Crippen LogP contribution in [0.25, 0.3) is 11.3 Å². The number of pyridine rings is 1. The molecule has 0 aliphatic heterocycles. The van der Waals surface area contributed by atoms with E-state index >= 15 is 0 Å². The summed E-state index contributed by atoms with van der Waals surface area (Å²) in [5, 5.41) is 6.24. The lowest BCUT2D eigenvalue weighted by molar-refractivity contribution is -0.120. The van der Waals surface area contributed by atoms with Gasteiger partial charge in [-0.3, -0.25) is 4.79 Å². The molecule has 32 heavy (non-hydrogen) atoms. The van der Waals surface area contributed by atoms with Gasteiger partial charge in [-0.05, 0) is 29.7 Å². The second-order valence-corrected chi connectivity index (χ2v) is 7.64. The van der Waals surface area contributed by atoms with Crippen molar-refractivity contribution in [1.29, 1.82) is 0 Å². The van der Waals surface area contributed by atoms with Crippen LogP contribution >= 0.6 is 0 Å². The van der Waals surface area contributed by atoms with E-state index in [9.17, 15) is 4.79 Å². The van der Waals surface area contributed by atoms with Gasteiger partial charge in [0.1, 0.15) is 5.82 Å². The molecule has 0 aliphatic carbocycles. The van der Waals surface area contributed by atoms with Crippen LogP contribution in [0.2, 0.25) is 0 Å². The van der Waals surface area contributed by atoms with Gasteiger partial charge in [0.15, 0.2) is 5.95 Å². The molecule has 2 aromatic heterocycles. The summed E-state index contributed by atoms with van der Waals surface area (Å²) in [4.78, 5) is 24.0. The maximum Gasteiger partial charge on any atom is 0.224 e. The molecule has 2 heterocycles. The molecule has 0 unspecified atom stereocenters. The van der Waals surface area contributed by atoms with E-state index in [1.165, 1.54) is 5.56 Å². The normalized spacial score (nSPS) is 10.7. The Morgan fingerprint density at radius 1 is 0.938 bits per heavy atom. The topological polar surface area (TPSA) is 109 Å². The van der Waals surface area contributed by atoms with Crippen molar-refractivity contribution in [2.24, 2.45) is 0 Å². The fraction of sp³-hybridized carbons (Fsp3) is 0.160. The van der Waals surface area contributed by atoms with Crippen LogP contribution in [0.3, 0.4) is 0 Å². The molecule has 162 valence electrons. The van der Waals surface area contributed by atoms with E-state index in [4.69, 9.17) is 5.73 Å². The zero-order chi connectivity index (χ0) is 22.3. The third kappa shape index (κ3) is 5.51. The van der Waals surface area contributed by atoms with Gasteiger partial charge in [-0.2, -0.15) is 0 Å². The van der Waals surface area contributed by atoms with Gasteiger partial charge in [0.25, 0.3) is 0 Å². The number of hydrogen-bond donors (Lipinski definition) is 4. The minimum atomic E-state index is -0.0446. The molecule has 0 saturated carbocycles. The third-order valence-electron chi connectivity index (χ3n) is 5.13. The number of rotatable bonds is 8. The number of hydrogen-bond acceptors (Lipinski definition) is 5. The highest BCUT2D eigenvalue weighted by Crippen LogP contribution is 2.22. The SMILES string of the molecule is Cc1[nH]c(N)nc1-c1ccc(CNC(=O)Cc2ccc(NCc3ccccc3)nc2)cc1. The first kappa shape index (κ1) is 21.1. The smallest absolute Gasteiger partial charge is 0.224 e. The molecule has 0 radical (unpaired) electrons. The van der Waals surface area contributed by atoms with Crippen LogP contribution in [0.4, 0.5) is 11.8 Å². The number of carbonyl (C=O) groups excluding carboxylic acids is 1. The lowest BCUT2D eigenvalue weighted by Gasteiger charge is -2.08. The van der Waals surface area contributed by atoms with E-state index in [1.54, 1.807) is 6.20 Å². The van der Waals surface area contributed by atoms with E-state index < -0.39 is 0 Å². The first-order valence-corrected chi connectivity index (χ1v) is 10.5. The van der Waals surface area contributed by atoms with E-state index in [2.05, 4.69) is 37.7 Å². The van der Waals surface area contributed by atoms with Crippen molar-refractivity contribution in [1.82, 2.24) is 20.3 Å². The number of carbonyl (C=O) groups is 1. The van der Waals surface area contributed by atoms with E-state index in [-0.39, 0.29) is 12.3 Å². The highest BCUT2D eigenvalue weighted by molar-refractivity contribution is 5.78. The van der Waals surface area contributed by atoms with Crippen LogP contribution in [-0.4, -0.2) is 20.9 Å². The summed E-state index contributed by atoms with van der Waals surface area (Å²) in [6.45, 7) is 3.11. The van der Waals surface area contributed by atoms with Crippen molar-refractivity contribution in [2.75, 3.05) is 11.1 Å². The van der Waals surface area contributed by atoms with Gasteiger partial charge >= 0.3 is 0 Å². The summed E-state index contributed by atoms with van der Waals surface area (Å²) in [5.41, 5.74) is 11.5. The number of imidazole rings is 1. The Balaban J connectivity index is 1.25. The molecule has 0 spiro atoms. The molecular weight excluding hydrogens is 400 g/mol. The van der Waals surface area contributed by atoms with Crippen LogP contribution in [-0.2, 0) is 24.3 Å². The van der Waals surface area contributed by atoms with Gasteiger partial charge in [0, 0.05) is 30.5 Å². The third-order valence-corrected chi connectivity index (χ3v) is 5.13. The molecule has 7 nitrogen and oxygen atoms in total. The molecule has 2 aromatic carbocycles. The van der Waals surface area contributed by atoms with Crippen molar-refractivity contribution < 1.29 is 4.79 Å². The first-order valence-electron chi connectivity index (χ1n) is 10.5.